The van der Waals surface area contributed by atoms with E-state index in [2.05, 4.69) is 102 Å². The smallest absolute Gasteiger partial charge is 0.165 e. The van der Waals surface area contributed by atoms with Crippen molar-refractivity contribution in [2.75, 3.05) is 0 Å². The van der Waals surface area contributed by atoms with Gasteiger partial charge in [-0.2, -0.15) is 0 Å². The Kier molecular flexibility index (Phi) is 4.23. The van der Waals surface area contributed by atoms with Crippen molar-refractivity contribution in [3.8, 4) is 17.1 Å². The van der Waals surface area contributed by atoms with Gasteiger partial charge in [0.1, 0.15) is 5.69 Å². The van der Waals surface area contributed by atoms with E-state index in [0.29, 0.717) is 0 Å². The number of fused-ring (bicyclic) bond motifs is 9. The summed E-state index contributed by atoms with van der Waals surface area (Å²) < 4.78 is 2.33. The van der Waals surface area contributed by atoms with Gasteiger partial charge < -0.3 is 0 Å². The molecule has 6 aromatic carbocycles. The molecular weight excluding hydrogens is 450 g/mol. The minimum Gasteiger partial charge on any atom is -0.291 e. The van der Waals surface area contributed by atoms with Crippen LogP contribution in [0, 0.1) is 0 Å². The van der Waals surface area contributed by atoms with Crippen LogP contribution in [0.15, 0.2) is 127 Å². The topological polar surface area (TPSA) is 30.7 Å². The number of aromatic nitrogens is 3. The second kappa shape index (κ2) is 7.74. The Bertz CT molecular complexity index is 2140. The van der Waals surface area contributed by atoms with E-state index in [1.807, 2.05) is 30.3 Å². The van der Waals surface area contributed by atoms with Gasteiger partial charge in [-0.25, -0.2) is 9.97 Å². The molecule has 3 nitrogen and oxygen atoms in total. The second-order valence-electron chi connectivity index (χ2n) is 9.42. The van der Waals surface area contributed by atoms with Gasteiger partial charge in [0.05, 0.1) is 22.1 Å². The van der Waals surface area contributed by atoms with Gasteiger partial charge in [-0.15, -0.1) is 0 Å². The number of benzene rings is 6. The summed E-state index contributed by atoms with van der Waals surface area (Å²) in [6.45, 7) is 0. The van der Waals surface area contributed by atoms with Crippen molar-refractivity contribution in [2.45, 2.75) is 0 Å². The molecule has 8 aromatic rings. The summed E-state index contributed by atoms with van der Waals surface area (Å²) >= 11 is 0. The SMILES string of the molecule is c1ccc(-c2nc3ccccc3nc2-n2c3ccccc3c3c4ccccc4c4ccccc4c32)cc1. The predicted octanol–water partition coefficient (Wildman–Crippen LogP) is 8.70. The maximum atomic E-state index is 5.28. The molecule has 0 saturated carbocycles. The molecule has 0 aliphatic carbocycles. The molecule has 0 atom stereocenters. The van der Waals surface area contributed by atoms with Crippen LogP contribution in [0.1, 0.15) is 0 Å². The lowest BCUT2D eigenvalue weighted by atomic mass is 9.97. The summed E-state index contributed by atoms with van der Waals surface area (Å²) in [4.78, 5) is 10.5. The molecule has 2 aromatic heterocycles. The van der Waals surface area contributed by atoms with Crippen LogP contribution in [-0.4, -0.2) is 14.5 Å². The first-order valence-corrected chi connectivity index (χ1v) is 12.5. The van der Waals surface area contributed by atoms with Gasteiger partial charge in [0.25, 0.3) is 0 Å². The lowest BCUT2D eigenvalue weighted by Crippen LogP contribution is -2.04. The van der Waals surface area contributed by atoms with Gasteiger partial charge in [-0.1, -0.05) is 109 Å². The largest absolute Gasteiger partial charge is 0.291 e. The molecule has 2 heterocycles. The quantitative estimate of drug-likeness (QED) is 0.236. The molecular formula is C34H21N3. The zero-order valence-electron chi connectivity index (χ0n) is 20.0. The standard InChI is InChI=1S/C34H21N3/c1-2-12-22(13-3-1)32-34(36-29-20-10-9-19-28(29)35-32)37-30-21-11-8-18-27(30)31-25-16-6-4-14-23(25)24-15-5-7-17-26(24)33(31)37/h1-21H. The Balaban J connectivity index is 1.66. The normalized spacial score (nSPS) is 11.8. The van der Waals surface area contributed by atoms with Crippen molar-refractivity contribution in [3.05, 3.63) is 127 Å². The zero-order valence-corrected chi connectivity index (χ0v) is 20.0. The first-order chi connectivity index (χ1) is 18.4. The van der Waals surface area contributed by atoms with Crippen LogP contribution < -0.4 is 0 Å². The summed E-state index contributed by atoms with van der Waals surface area (Å²) in [5.41, 5.74) is 5.98. The lowest BCUT2D eigenvalue weighted by molar-refractivity contribution is 1.08. The van der Waals surface area contributed by atoms with Crippen LogP contribution in [0.2, 0.25) is 0 Å². The maximum absolute atomic E-state index is 5.28. The molecule has 37 heavy (non-hydrogen) atoms. The number of hydrogen-bond donors (Lipinski definition) is 0. The number of para-hydroxylation sites is 3. The average Bonchev–Trinajstić information content (AvgIpc) is 3.33. The van der Waals surface area contributed by atoms with Crippen molar-refractivity contribution >= 4 is 54.4 Å². The molecule has 0 aliphatic heterocycles. The van der Waals surface area contributed by atoms with Crippen molar-refractivity contribution in [1.82, 2.24) is 14.5 Å². The van der Waals surface area contributed by atoms with Gasteiger partial charge in [-0.05, 0) is 34.4 Å². The van der Waals surface area contributed by atoms with Gasteiger partial charge in [0, 0.05) is 21.7 Å². The molecule has 3 heteroatoms. The van der Waals surface area contributed by atoms with Gasteiger partial charge >= 0.3 is 0 Å². The van der Waals surface area contributed by atoms with Crippen LogP contribution in [0.25, 0.3) is 71.5 Å². The van der Waals surface area contributed by atoms with E-state index >= 15 is 0 Å². The van der Waals surface area contributed by atoms with E-state index in [0.717, 1.165) is 39.1 Å². The van der Waals surface area contributed by atoms with Crippen LogP contribution in [0.3, 0.4) is 0 Å². The fourth-order valence-corrected chi connectivity index (χ4v) is 5.78. The molecule has 8 rings (SSSR count). The molecule has 0 amide bonds. The fourth-order valence-electron chi connectivity index (χ4n) is 5.78. The van der Waals surface area contributed by atoms with E-state index in [1.54, 1.807) is 0 Å². The van der Waals surface area contributed by atoms with E-state index in [4.69, 9.17) is 9.97 Å². The van der Waals surface area contributed by atoms with Crippen molar-refractivity contribution < 1.29 is 0 Å². The van der Waals surface area contributed by atoms with E-state index in [1.165, 1.54) is 32.3 Å². The third-order valence-corrected chi connectivity index (χ3v) is 7.35. The van der Waals surface area contributed by atoms with Gasteiger partial charge in [0.2, 0.25) is 0 Å². The minimum absolute atomic E-state index is 0.844. The first-order valence-electron chi connectivity index (χ1n) is 12.5. The van der Waals surface area contributed by atoms with Crippen LogP contribution in [-0.2, 0) is 0 Å². The van der Waals surface area contributed by atoms with Crippen molar-refractivity contribution in [1.29, 1.82) is 0 Å². The van der Waals surface area contributed by atoms with Gasteiger partial charge in [-0.3, -0.25) is 4.57 Å². The Labute approximate surface area is 213 Å². The minimum atomic E-state index is 0.844. The summed E-state index contributed by atoms with van der Waals surface area (Å²) in [7, 11) is 0. The Morgan fingerprint density at radius 3 is 1.73 bits per heavy atom. The van der Waals surface area contributed by atoms with Crippen molar-refractivity contribution in [3.63, 3.8) is 0 Å². The molecule has 0 unspecified atom stereocenters. The molecule has 172 valence electrons. The third kappa shape index (κ3) is 2.88. The van der Waals surface area contributed by atoms with E-state index in [9.17, 15) is 0 Å². The molecule has 0 aliphatic rings. The molecule has 0 saturated heterocycles. The monoisotopic (exact) mass is 471 g/mol. The highest BCUT2D eigenvalue weighted by Gasteiger charge is 2.22. The lowest BCUT2D eigenvalue weighted by Gasteiger charge is -2.15. The first kappa shape index (κ1) is 20.2. The fraction of sp³-hybridized carbons (Fsp3) is 0. The number of nitrogens with zero attached hydrogens (tertiary/aromatic N) is 3. The van der Waals surface area contributed by atoms with E-state index < -0.39 is 0 Å². The summed E-state index contributed by atoms with van der Waals surface area (Å²) in [6, 6.07) is 44.6. The predicted molar refractivity (Wildman–Crippen MR) is 154 cm³/mol. The molecule has 0 radical (unpaired) electrons. The summed E-state index contributed by atoms with van der Waals surface area (Å²) in [5.74, 6) is 0.844. The summed E-state index contributed by atoms with van der Waals surface area (Å²) in [6.07, 6.45) is 0. The zero-order chi connectivity index (χ0) is 24.3. The molecule has 0 N–H and O–H groups in total. The van der Waals surface area contributed by atoms with Crippen molar-refractivity contribution in [2.24, 2.45) is 0 Å². The highest BCUT2D eigenvalue weighted by atomic mass is 15.1. The number of hydrogen-bond acceptors (Lipinski definition) is 2. The highest BCUT2D eigenvalue weighted by molar-refractivity contribution is 6.32. The Hall–Kier alpha value is -5.02. The summed E-state index contributed by atoms with van der Waals surface area (Å²) in [5, 5.41) is 7.43. The Morgan fingerprint density at radius 2 is 0.973 bits per heavy atom. The molecule has 0 spiro atoms. The maximum Gasteiger partial charge on any atom is 0.165 e. The molecule has 0 bridgehead atoms. The molecule has 0 fully saturated rings. The third-order valence-electron chi connectivity index (χ3n) is 7.35. The highest BCUT2D eigenvalue weighted by Crippen LogP contribution is 2.43. The average molecular weight is 472 g/mol. The van der Waals surface area contributed by atoms with Gasteiger partial charge in [0.15, 0.2) is 5.82 Å². The second-order valence-corrected chi connectivity index (χ2v) is 9.42. The number of rotatable bonds is 2. The van der Waals surface area contributed by atoms with Crippen LogP contribution in [0.4, 0.5) is 0 Å². The van der Waals surface area contributed by atoms with E-state index in [-0.39, 0.29) is 0 Å². The Morgan fingerprint density at radius 1 is 0.432 bits per heavy atom. The van der Waals surface area contributed by atoms with Crippen LogP contribution in [0.5, 0.6) is 0 Å². The van der Waals surface area contributed by atoms with Crippen LogP contribution >= 0.6 is 0 Å².